The summed E-state index contributed by atoms with van der Waals surface area (Å²) in [5.74, 6) is 0.855. The molecule has 3 aromatic rings. The lowest BCUT2D eigenvalue weighted by molar-refractivity contribution is 0.245. The number of amides is 2. The Balaban J connectivity index is 1.73. The minimum Gasteiger partial charge on any atom is -0.423 e. The van der Waals surface area contributed by atoms with Crippen LogP contribution in [0.4, 0.5) is 10.5 Å². The number of nitrogens with zero attached hydrogens (tertiary/aromatic N) is 2. The molecule has 0 saturated heterocycles. The number of para-hydroxylation sites is 1. The molecule has 2 N–H and O–H groups in total. The summed E-state index contributed by atoms with van der Waals surface area (Å²) in [6.07, 6.45) is 0.560. The van der Waals surface area contributed by atoms with Gasteiger partial charge in [-0.15, -0.1) is 10.2 Å². The molecule has 0 spiro atoms. The van der Waals surface area contributed by atoms with Crippen molar-refractivity contribution in [2.75, 3.05) is 5.32 Å². The number of benzene rings is 2. The van der Waals surface area contributed by atoms with Gasteiger partial charge in [0.1, 0.15) is 6.04 Å². The number of rotatable bonds is 5. The maximum atomic E-state index is 12.3. The number of hydrogen-bond acceptors (Lipinski definition) is 4. The number of hydrogen-bond donors (Lipinski definition) is 2. The average Bonchev–Trinajstić information content (AvgIpc) is 3.02. The van der Waals surface area contributed by atoms with Crippen molar-refractivity contribution in [2.24, 2.45) is 0 Å². The van der Waals surface area contributed by atoms with Crippen molar-refractivity contribution >= 4 is 11.7 Å². The number of nitrogens with one attached hydrogen (secondary N) is 2. The van der Waals surface area contributed by atoms with Gasteiger partial charge in [0.05, 0.1) is 0 Å². The second-order valence-corrected chi connectivity index (χ2v) is 5.37. The van der Waals surface area contributed by atoms with E-state index in [1.165, 1.54) is 0 Å². The molecule has 0 aliphatic carbocycles. The maximum Gasteiger partial charge on any atom is 0.319 e. The van der Waals surface area contributed by atoms with Crippen molar-refractivity contribution in [2.45, 2.75) is 19.4 Å². The molecule has 3 rings (SSSR count). The molecule has 2 amide bonds. The average molecular weight is 322 g/mol. The molecule has 122 valence electrons. The van der Waals surface area contributed by atoms with Crippen LogP contribution in [0.1, 0.15) is 23.4 Å². The first-order chi connectivity index (χ1) is 11.7. The Hall–Kier alpha value is -3.15. The molecule has 0 fully saturated rings. The minimum absolute atomic E-state index is 0.321. The van der Waals surface area contributed by atoms with Gasteiger partial charge in [-0.25, -0.2) is 4.79 Å². The standard InChI is InChI=1S/C18H18N4O2/c1-13-21-22-17(24-13)16(12-14-8-4-2-5-9-14)20-18(23)19-15-10-6-3-7-11-15/h2-11,16H,12H2,1H3,(H2,19,20,23). The van der Waals surface area contributed by atoms with Crippen LogP contribution in [0, 0.1) is 6.92 Å². The molecular formula is C18H18N4O2. The van der Waals surface area contributed by atoms with E-state index in [1.54, 1.807) is 6.92 Å². The van der Waals surface area contributed by atoms with Crippen LogP contribution < -0.4 is 10.6 Å². The third kappa shape index (κ3) is 4.19. The second kappa shape index (κ2) is 7.41. The predicted molar refractivity (Wildman–Crippen MR) is 90.5 cm³/mol. The van der Waals surface area contributed by atoms with E-state index in [-0.39, 0.29) is 6.03 Å². The highest BCUT2D eigenvalue weighted by Crippen LogP contribution is 2.18. The van der Waals surface area contributed by atoms with Crippen LogP contribution in [0.2, 0.25) is 0 Å². The van der Waals surface area contributed by atoms with Crippen molar-refractivity contribution in [3.63, 3.8) is 0 Å². The van der Waals surface area contributed by atoms with Gasteiger partial charge in [-0.3, -0.25) is 0 Å². The Morgan fingerprint density at radius 3 is 2.33 bits per heavy atom. The van der Waals surface area contributed by atoms with E-state index >= 15 is 0 Å². The first-order valence-corrected chi connectivity index (χ1v) is 7.67. The Morgan fingerprint density at radius 2 is 1.71 bits per heavy atom. The van der Waals surface area contributed by atoms with Crippen molar-refractivity contribution in [3.8, 4) is 0 Å². The smallest absolute Gasteiger partial charge is 0.319 e. The van der Waals surface area contributed by atoms with Crippen LogP contribution in [0.15, 0.2) is 65.1 Å². The van der Waals surface area contributed by atoms with Gasteiger partial charge in [0.15, 0.2) is 0 Å². The van der Waals surface area contributed by atoms with Gasteiger partial charge in [-0.05, 0) is 17.7 Å². The molecule has 0 bridgehead atoms. The summed E-state index contributed by atoms with van der Waals surface area (Å²) in [5.41, 5.74) is 1.79. The number of aromatic nitrogens is 2. The van der Waals surface area contributed by atoms with Gasteiger partial charge in [-0.1, -0.05) is 48.5 Å². The van der Waals surface area contributed by atoms with Crippen LogP contribution in [0.25, 0.3) is 0 Å². The number of urea groups is 1. The number of anilines is 1. The zero-order valence-corrected chi connectivity index (χ0v) is 13.3. The Bertz CT molecular complexity index is 787. The molecule has 0 aliphatic heterocycles. The molecular weight excluding hydrogens is 304 g/mol. The normalized spacial score (nSPS) is 11.7. The largest absolute Gasteiger partial charge is 0.423 e. The van der Waals surface area contributed by atoms with Gasteiger partial charge >= 0.3 is 6.03 Å². The summed E-state index contributed by atoms with van der Waals surface area (Å²) < 4.78 is 5.50. The SMILES string of the molecule is Cc1nnc(C(Cc2ccccc2)NC(=O)Nc2ccccc2)o1. The molecule has 2 aromatic carbocycles. The highest BCUT2D eigenvalue weighted by Gasteiger charge is 2.21. The predicted octanol–water partition coefficient (Wildman–Crippen LogP) is 3.48. The number of carbonyl (C=O) groups is 1. The van der Waals surface area contributed by atoms with E-state index in [2.05, 4.69) is 20.8 Å². The first kappa shape index (κ1) is 15.7. The van der Waals surface area contributed by atoms with E-state index in [4.69, 9.17) is 4.42 Å². The molecule has 1 atom stereocenters. The van der Waals surface area contributed by atoms with Gasteiger partial charge in [0, 0.05) is 19.0 Å². The van der Waals surface area contributed by atoms with E-state index < -0.39 is 6.04 Å². The fourth-order valence-electron chi connectivity index (χ4n) is 2.35. The molecule has 1 aromatic heterocycles. The van der Waals surface area contributed by atoms with Crippen molar-refractivity contribution in [3.05, 3.63) is 78.0 Å². The Labute approximate surface area is 139 Å². The van der Waals surface area contributed by atoms with Gasteiger partial charge in [0.25, 0.3) is 0 Å². The molecule has 0 saturated carbocycles. The van der Waals surface area contributed by atoms with Crippen LogP contribution in [0.3, 0.4) is 0 Å². The Morgan fingerprint density at radius 1 is 1.04 bits per heavy atom. The molecule has 24 heavy (non-hydrogen) atoms. The summed E-state index contributed by atoms with van der Waals surface area (Å²) in [6.45, 7) is 1.72. The highest BCUT2D eigenvalue weighted by molar-refractivity contribution is 5.89. The van der Waals surface area contributed by atoms with Crippen molar-refractivity contribution < 1.29 is 9.21 Å². The van der Waals surface area contributed by atoms with Crippen LogP contribution in [0.5, 0.6) is 0 Å². The monoisotopic (exact) mass is 322 g/mol. The molecule has 1 heterocycles. The highest BCUT2D eigenvalue weighted by atomic mass is 16.4. The summed E-state index contributed by atoms with van der Waals surface area (Å²) in [4.78, 5) is 12.3. The van der Waals surface area contributed by atoms with Crippen molar-refractivity contribution in [1.82, 2.24) is 15.5 Å². The minimum atomic E-state index is -0.405. The summed E-state index contributed by atoms with van der Waals surface area (Å²) in [6, 6.07) is 18.4. The van der Waals surface area contributed by atoms with Crippen molar-refractivity contribution in [1.29, 1.82) is 0 Å². The topological polar surface area (TPSA) is 80.0 Å². The lowest BCUT2D eigenvalue weighted by atomic mass is 10.1. The van der Waals surface area contributed by atoms with E-state index in [0.717, 1.165) is 11.3 Å². The van der Waals surface area contributed by atoms with Crippen LogP contribution in [-0.4, -0.2) is 16.2 Å². The van der Waals surface area contributed by atoms with Crippen LogP contribution in [-0.2, 0) is 6.42 Å². The number of carbonyl (C=O) groups excluding carboxylic acids is 1. The summed E-state index contributed by atoms with van der Waals surface area (Å²) >= 11 is 0. The van der Waals surface area contributed by atoms with E-state index in [9.17, 15) is 4.79 Å². The maximum absolute atomic E-state index is 12.3. The van der Waals surface area contributed by atoms with Gasteiger partial charge < -0.3 is 15.1 Å². The van der Waals surface area contributed by atoms with Gasteiger partial charge in [-0.2, -0.15) is 0 Å². The quantitative estimate of drug-likeness (QED) is 0.753. The lowest BCUT2D eigenvalue weighted by Gasteiger charge is -2.16. The first-order valence-electron chi connectivity index (χ1n) is 7.67. The van der Waals surface area contributed by atoms with E-state index in [0.29, 0.717) is 18.2 Å². The molecule has 0 aliphatic rings. The third-order valence-electron chi connectivity index (χ3n) is 3.46. The Kier molecular flexibility index (Phi) is 4.86. The number of aryl methyl sites for hydroxylation is 1. The summed E-state index contributed by atoms with van der Waals surface area (Å²) in [5, 5.41) is 13.6. The molecule has 1 unspecified atom stereocenters. The molecule has 6 heteroatoms. The van der Waals surface area contributed by atoms with Gasteiger partial charge in [0.2, 0.25) is 11.8 Å². The second-order valence-electron chi connectivity index (χ2n) is 5.37. The van der Waals surface area contributed by atoms with E-state index in [1.807, 2.05) is 60.7 Å². The molecule has 0 radical (unpaired) electrons. The zero-order valence-electron chi connectivity index (χ0n) is 13.3. The zero-order chi connectivity index (χ0) is 16.8. The molecule has 6 nitrogen and oxygen atoms in total. The fraction of sp³-hybridized carbons (Fsp3) is 0.167. The fourth-order valence-corrected chi connectivity index (χ4v) is 2.35. The third-order valence-corrected chi connectivity index (χ3v) is 3.46. The summed E-state index contributed by atoms with van der Waals surface area (Å²) in [7, 11) is 0. The van der Waals surface area contributed by atoms with Crippen LogP contribution >= 0.6 is 0 Å². The lowest BCUT2D eigenvalue weighted by Crippen LogP contribution is -2.34.